The molecule has 0 unspecified atom stereocenters. The van der Waals surface area contributed by atoms with E-state index in [1.807, 2.05) is 46.9 Å². The van der Waals surface area contributed by atoms with Crippen LogP contribution in [0.4, 0.5) is 5.95 Å². The van der Waals surface area contributed by atoms with Crippen molar-refractivity contribution >= 4 is 11.9 Å². The van der Waals surface area contributed by atoms with Crippen LogP contribution in [0.3, 0.4) is 0 Å². The lowest BCUT2D eigenvalue weighted by atomic mass is 9.83. The number of imidazole rings is 1. The fraction of sp³-hybridized carbons (Fsp3) is 0.455. The molecule has 0 bridgehead atoms. The normalized spacial score (nSPS) is 17.5. The van der Waals surface area contributed by atoms with Gasteiger partial charge in [-0.05, 0) is 37.0 Å². The van der Waals surface area contributed by atoms with Crippen LogP contribution in [0.25, 0.3) is 0 Å². The van der Waals surface area contributed by atoms with Gasteiger partial charge < -0.3 is 23.5 Å². The lowest BCUT2D eigenvalue weighted by Crippen LogP contribution is -2.49. The van der Waals surface area contributed by atoms with Crippen LogP contribution in [0.15, 0.2) is 41.5 Å². The Hall–Kier alpha value is -3.20. The van der Waals surface area contributed by atoms with E-state index in [1.54, 1.807) is 18.6 Å². The number of rotatable bonds is 4. The number of furan rings is 1. The van der Waals surface area contributed by atoms with Crippen molar-refractivity contribution < 1.29 is 13.9 Å². The standard InChI is InChI=1S/C22H26N6O3/c1-26(2)21-24-13-16-5-12-30-22(19(16)25-21)6-9-28(10-7-22)20(29)18-4-3-17(31-18)14-27-11-8-23-15-27/h3-4,8,11,13,15H,5-7,9-10,12,14H2,1-2H3. The highest BCUT2D eigenvalue weighted by molar-refractivity contribution is 5.91. The van der Waals surface area contributed by atoms with Gasteiger partial charge in [-0.3, -0.25) is 4.79 Å². The lowest BCUT2D eigenvalue weighted by Gasteiger charge is -2.44. The average Bonchev–Trinajstić information content (AvgIpc) is 3.46. The molecule has 5 rings (SSSR count). The molecule has 2 aliphatic rings. The molecule has 3 aromatic heterocycles. The van der Waals surface area contributed by atoms with E-state index in [1.165, 1.54) is 0 Å². The summed E-state index contributed by atoms with van der Waals surface area (Å²) in [6, 6.07) is 3.60. The van der Waals surface area contributed by atoms with Gasteiger partial charge >= 0.3 is 0 Å². The summed E-state index contributed by atoms with van der Waals surface area (Å²) in [5.41, 5.74) is 1.67. The average molecular weight is 422 g/mol. The van der Waals surface area contributed by atoms with Gasteiger partial charge in [0.25, 0.3) is 5.91 Å². The minimum absolute atomic E-state index is 0.0839. The minimum Gasteiger partial charge on any atom is -0.454 e. The second-order valence-corrected chi connectivity index (χ2v) is 8.32. The van der Waals surface area contributed by atoms with Crippen LogP contribution in [0.1, 0.15) is 40.4 Å². The predicted molar refractivity (Wildman–Crippen MR) is 113 cm³/mol. The third-order valence-electron chi connectivity index (χ3n) is 6.06. The van der Waals surface area contributed by atoms with Crippen molar-refractivity contribution in [2.45, 2.75) is 31.4 Å². The molecule has 1 spiro atoms. The van der Waals surface area contributed by atoms with Gasteiger partial charge in [0.05, 0.1) is 25.2 Å². The van der Waals surface area contributed by atoms with Gasteiger partial charge in [0.2, 0.25) is 5.95 Å². The molecule has 0 radical (unpaired) electrons. The van der Waals surface area contributed by atoms with Gasteiger partial charge in [0, 0.05) is 45.8 Å². The van der Waals surface area contributed by atoms with Gasteiger partial charge in [-0.1, -0.05) is 0 Å². The molecule has 0 atom stereocenters. The van der Waals surface area contributed by atoms with E-state index >= 15 is 0 Å². The smallest absolute Gasteiger partial charge is 0.289 e. The van der Waals surface area contributed by atoms with Crippen LogP contribution in [0.5, 0.6) is 0 Å². The first-order valence-corrected chi connectivity index (χ1v) is 10.6. The molecule has 0 aliphatic carbocycles. The number of hydrogen-bond donors (Lipinski definition) is 0. The summed E-state index contributed by atoms with van der Waals surface area (Å²) in [7, 11) is 3.87. The SMILES string of the molecule is CN(C)c1ncc2c(n1)C1(CCN(C(=O)c3ccc(Cn4ccnc4)o3)CC1)OCC2. The van der Waals surface area contributed by atoms with Crippen LogP contribution >= 0.6 is 0 Å². The van der Waals surface area contributed by atoms with Gasteiger partial charge in [0.1, 0.15) is 11.4 Å². The van der Waals surface area contributed by atoms with E-state index in [9.17, 15) is 4.79 Å². The summed E-state index contributed by atoms with van der Waals surface area (Å²) in [6.45, 7) is 2.39. The molecule has 1 fully saturated rings. The Kier molecular flexibility index (Phi) is 4.97. The van der Waals surface area contributed by atoms with E-state index in [0.29, 0.717) is 50.8 Å². The molecule has 0 aromatic carbocycles. The molecule has 2 aliphatic heterocycles. The molecule has 162 valence electrons. The third kappa shape index (κ3) is 3.69. The van der Waals surface area contributed by atoms with Crippen molar-refractivity contribution in [2.24, 2.45) is 0 Å². The molecule has 0 N–H and O–H groups in total. The molecule has 9 nitrogen and oxygen atoms in total. The zero-order chi connectivity index (χ0) is 21.4. The number of fused-ring (bicyclic) bond motifs is 2. The zero-order valence-electron chi connectivity index (χ0n) is 17.8. The number of carbonyl (C=O) groups excluding carboxylic acids is 1. The largest absolute Gasteiger partial charge is 0.454 e. The number of aromatic nitrogens is 4. The molecule has 5 heterocycles. The Balaban J connectivity index is 1.29. The molecule has 0 saturated carbocycles. The first kappa shape index (κ1) is 19.7. The zero-order valence-corrected chi connectivity index (χ0v) is 17.8. The lowest BCUT2D eigenvalue weighted by molar-refractivity contribution is -0.0968. The van der Waals surface area contributed by atoms with E-state index in [4.69, 9.17) is 14.1 Å². The summed E-state index contributed by atoms with van der Waals surface area (Å²) >= 11 is 0. The molecular formula is C22H26N6O3. The van der Waals surface area contributed by atoms with E-state index in [0.717, 1.165) is 23.4 Å². The van der Waals surface area contributed by atoms with Gasteiger partial charge in [-0.15, -0.1) is 0 Å². The summed E-state index contributed by atoms with van der Waals surface area (Å²) < 4.78 is 14.0. The number of hydrogen-bond acceptors (Lipinski definition) is 7. The molecule has 1 saturated heterocycles. The highest BCUT2D eigenvalue weighted by Gasteiger charge is 2.43. The number of nitrogens with zero attached hydrogens (tertiary/aromatic N) is 6. The Morgan fingerprint density at radius 1 is 1.26 bits per heavy atom. The van der Waals surface area contributed by atoms with E-state index < -0.39 is 5.60 Å². The van der Waals surface area contributed by atoms with Crippen LogP contribution < -0.4 is 4.90 Å². The topological polar surface area (TPSA) is 89.5 Å². The first-order valence-electron chi connectivity index (χ1n) is 10.6. The first-order chi connectivity index (χ1) is 15.0. The Morgan fingerprint density at radius 2 is 2.10 bits per heavy atom. The molecule has 31 heavy (non-hydrogen) atoms. The number of piperidine rings is 1. The number of anilines is 1. The second kappa shape index (κ2) is 7.81. The number of likely N-dealkylation sites (tertiary alicyclic amines) is 1. The highest BCUT2D eigenvalue weighted by atomic mass is 16.5. The Labute approximate surface area is 180 Å². The number of amides is 1. The van der Waals surface area contributed by atoms with Gasteiger partial charge in [-0.25, -0.2) is 15.0 Å². The van der Waals surface area contributed by atoms with E-state index in [-0.39, 0.29) is 5.91 Å². The maximum atomic E-state index is 13.0. The summed E-state index contributed by atoms with van der Waals surface area (Å²) in [5.74, 6) is 1.70. The molecule has 9 heteroatoms. The summed E-state index contributed by atoms with van der Waals surface area (Å²) in [5, 5.41) is 0. The Bertz CT molecular complexity index is 1070. The predicted octanol–water partition coefficient (Wildman–Crippen LogP) is 2.08. The second-order valence-electron chi connectivity index (χ2n) is 8.32. The van der Waals surface area contributed by atoms with Crippen LogP contribution in [0, 0.1) is 0 Å². The maximum absolute atomic E-state index is 13.0. The van der Waals surface area contributed by atoms with Crippen molar-refractivity contribution in [3.05, 3.63) is 59.8 Å². The van der Waals surface area contributed by atoms with Gasteiger partial charge in [-0.2, -0.15) is 0 Å². The van der Waals surface area contributed by atoms with Crippen molar-refractivity contribution in [2.75, 3.05) is 38.7 Å². The highest BCUT2D eigenvalue weighted by Crippen LogP contribution is 2.41. The summed E-state index contributed by atoms with van der Waals surface area (Å²) in [6.07, 6.45) is 9.46. The molecule has 3 aromatic rings. The van der Waals surface area contributed by atoms with Crippen molar-refractivity contribution in [1.29, 1.82) is 0 Å². The fourth-order valence-corrected chi connectivity index (χ4v) is 4.36. The molecular weight excluding hydrogens is 396 g/mol. The van der Waals surface area contributed by atoms with Gasteiger partial charge in [0.15, 0.2) is 5.76 Å². The van der Waals surface area contributed by atoms with Crippen molar-refractivity contribution in [3.63, 3.8) is 0 Å². The van der Waals surface area contributed by atoms with Crippen LogP contribution in [0.2, 0.25) is 0 Å². The Morgan fingerprint density at radius 3 is 2.84 bits per heavy atom. The number of carbonyl (C=O) groups is 1. The van der Waals surface area contributed by atoms with Crippen molar-refractivity contribution in [1.82, 2.24) is 24.4 Å². The monoisotopic (exact) mass is 422 g/mol. The quantitative estimate of drug-likeness (QED) is 0.636. The number of ether oxygens (including phenoxy) is 1. The van der Waals surface area contributed by atoms with Crippen LogP contribution in [-0.2, 0) is 23.3 Å². The van der Waals surface area contributed by atoms with Crippen molar-refractivity contribution in [3.8, 4) is 0 Å². The third-order valence-corrected chi connectivity index (χ3v) is 6.06. The molecule has 1 amide bonds. The summed E-state index contributed by atoms with van der Waals surface area (Å²) in [4.78, 5) is 30.1. The maximum Gasteiger partial charge on any atom is 0.289 e. The van der Waals surface area contributed by atoms with Crippen LogP contribution in [-0.4, -0.2) is 64.1 Å². The fourth-order valence-electron chi connectivity index (χ4n) is 4.36. The minimum atomic E-state index is -0.451. The van der Waals surface area contributed by atoms with E-state index in [2.05, 4.69) is 9.97 Å².